The summed E-state index contributed by atoms with van der Waals surface area (Å²) in [6.07, 6.45) is 6.35. The lowest BCUT2D eigenvalue weighted by atomic mass is 9.93. The van der Waals surface area contributed by atoms with E-state index >= 15 is 0 Å². The van der Waals surface area contributed by atoms with Crippen LogP contribution < -0.4 is 16.0 Å². The molecule has 2 aromatic rings. The highest BCUT2D eigenvalue weighted by atomic mass is 79.9. The Morgan fingerprint density at radius 1 is 0.955 bits per heavy atom. The van der Waals surface area contributed by atoms with E-state index in [4.69, 9.17) is 0 Å². The maximum absolute atomic E-state index is 14.0. The Hall–Kier alpha value is -3.21. The molecule has 3 heterocycles. The van der Waals surface area contributed by atoms with Gasteiger partial charge in [0.1, 0.15) is 30.0 Å². The van der Waals surface area contributed by atoms with Gasteiger partial charge in [-0.05, 0) is 65.6 Å². The number of halogens is 1. The van der Waals surface area contributed by atoms with Crippen molar-refractivity contribution in [3.63, 3.8) is 0 Å². The number of amides is 4. The van der Waals surface area contributed by atoms with E-state index in [2.05, 4.69) is 36.9 Å². The molecule has 0 aliphatic carbocycles. The fourth-order valence-corrected chi connectivity index (χ4v) is 6.79. The first-order chi connectivity index (χ1) is 21.1. The number of nitrogens with zero attached hydrogens (tertiary/aromatic N) is 1. The molecule has 10 nitrogen and oxygen atoms in total. The van der Waals surface area contributed by atoms with E-state index in [1.807, 2.05) is 45.0 Å². The third kappa shape index (κ3) is 8.08. The lowest BCUT2D eigenvalue weighted by molar-refractivity contribution is -0.147. The number of hydrogen-bond acceptors (Lipinski definition) is 5. The number of H-pyrrole nitrogens is 1. The van der Waals surface area contributed by atoms with Crippen molar-refractivity contribution >= 4 is 56.2 Å². The molecule has 2 aliphatic rings. The zero-order valence-electron chi connectivity index (χ0n) is 26.0. The second-order valence-corrected chi connectivity index (χ2v) is 13.0. The monoisotopic (exact) mass is 671 g/mol. The molecular weight excluding hydrogens is 626 g/mol. The number of Topliss-reactive ketones (excluding diaryl/α,β-unsaturated/α-hetero) is 1. The zero-order valence-corrected chi connectivity index (χ0v) is 27.6. The fourth-order valence-electron chi connectivity index (χ4n) is 6.20. The van der Waals surface area contributed by atoms with Gasteiger partial charge in [0.25, 0.3) is 0 Å². The Morgan fingerprint density at radius 3 is 2.43 bits per heavy atom. The summed E-state index contributed by atoms with van der Waals surface area (Å²) in [5.41, 5.74) is 1.72. The molecule has 0 bridgehead atoms. The van der Waals surface area contributed by atoms with Crippen LogP contribution >= 0.6 is 15.9 Å². The lowest BCUT2D eigenvalue weighted by Gasteiger charge is -2.39. The van der Waals surface area contributed by atoms with Gasteiger partial charge >= 0.3 is 0 Å². The molecule has 4 rings (SSSR count). The minimum Gasteiger partial charge on any atom is -0.349 e. The van der Waals surface area contributed by atoms with Gasteiger partial charge in [-0.3, -0.25) is 24.0 Å². The summed E-state index contributed by atoms with van der Waals surface area (Å²) in [5, 5.41) is 9.80. The largest absolute Gasteiger partial charge is 0.349 e. The van der Waals surface area contributed by atoms with Gasteiger partial charge in [-0.2, -0.15) is 0 Å². The Bertz CT molecular complexity index is 1360. The molecule has 2 saturated heterocycles. The number of benzene rings is 1. The van der Waals surface area contributed by atoms with Crippen LogP contribution in [-0.4, -0.2) is 70.0 Å². The minimum absolute atomic E-state index is 0.176. The van der Waals surface area contributed by atoms with Crippen LogP contribution in [0, 0.1) is 5.92 Å². The molecule has 2 fully saturated rings. The summed E-state index contributed by atoms with van der Waals surface area (Å²) < 4.78 is 0.712. The lowest BCUT2D eigenvalue weighted by Crippen LogP contribution is -2.64. The quantitative estimate of drug-likeness (QED) is 0.264. The first kappa shape index (κ1) is 33.7. The zero-order chi connectivity index (χ0) is 31.8. The van der Waals surface area contributed by atoms with Crippen LogP contribution in [0.25, 0.3) is 10.9 Å². The molecule has 44 heavy (non-hydrogen) atoms. The van der Waals surface area contributed by atoms with Crippen molar-refractivity contribution in [1.82, 2.24) is 25.8 Å². The number of carbonyl (C=O) groups excluding carboxylic acids is 5. The van der Waals surface area contributed by atoms with Crippen LogP contribution in [0.3, 0.4) is 0 Å². The van der Waals surface area contributed by atoms with E-state index in [9.17, 15) is 24.0 Å². The topological polar surface area (TPSA) is 140 Å². The molecule has 0 spiro atoms. The molecule has 11 heteroatoms. The van der Waals surface area contributed by atoms with Gasteiger partial charge in [0.05, 0.1) is 4.60 Å². The second-order valence-electron chi connectivity index (χ2n) is 12.2. The van der Waals surface area contributed by atoms with Crippen molar-refractivity contribution in [3.8, 4) is 0 Å². The molecule has 1 aromatic carbocycles. The maximum atomic E-state index is 14.0. The van der Waals surface area contributed by atoms with Gasteiger partial charge in [0, 0.05) is 36.7 Å². The van der Waals surface area contributed by atoms with Crippen LogP contribution in [-0.2, 0) is 30.4 Å². The van der Waals surface area contributed by atoms with Crippen molar-refractivity contribution < 1.29 is 24.0 Å². The fraction of sp³-hybridized carbons (Fsp3) is 0.606. The van der Waals surface area contributed by atoms with Gasteiger partial charge in [-0.1, -0.05) is 58.2 Å². The van der Waals surface area contributed by atoms with E-state index in [-0.39, 0.29) is 29.9 Å². The van der Waals surface area contributed by atoms with Crippen molar-refractivity contribution in [2.45, 2.75) is 116 Å². The number of aromatic amines is 1. The van der Waals surface area contributed by atoms with E-state index in [1.54, 1.807) is 4.90 Å². The predicted molar refractivity (Wildman–Crippen MR) is 173 cm³/mol. The number of rotatable bonds is 11. The number of unbranched alkanes of at least 4 members (excludes halogenated alkanes) is 2. The molecule has 4 N–H and O–H groups in total. The van der Waals surface area contributed by atoms with Gasteiger partial charge < -0.3 is 25.8 Å². The number of piperidine rings is 1. The molecule has 4 amide bonds. The number of para-hydroxylation sites is 1. The summed E-state index contributed by atoms with van der Waals surface area (Å²) in [6.45, 7) is 6.15. The van der Waals surface area contributed by atoms with Gasteiger partial charge in [-0.25, -0.2) is 0 Å². The predicted octanol–water partition coefficient (Wildman–Crippen LogP) is 4.30. The van der Waals surface area contributed by atoms with Crippen LogP contribution in [0.2, 0.25) is 0 Å². The molecule has 240 valence electrons. The molecule has 1 unspecified atom stereocenters. The molecule has 0 radical (unpaired) electrons. The van der Waals surface area contributed by atoms with E-state index in [0.29, 0.717) is 49.7 Å². The third-order valence-corrected chi connectivity index (χ3v) is 9.82. The molecule has 1 aromatic heterocycles. The first-order valence-corrected chi connectivity index (χ1v) is 16.9. The second kappa shape index (κ2) is 15.7. The average molecular weight is 673 g/mol. The summed E-state index contributed by atoms with van der Waals surface area (Å²) in [4.78, 5) is 72.2. The first-order valence-electron chi connectivity index (χ1n) is 16.1. The Balaban J connectivity index is 1.66. The Labute approximate surface area is 268 Å². The van der Waals surface area contributed by atoms with Crippen LogP contribution in [0.5, 0.6) is 0 Å². The van der Waals surface area contributed by atoms with Crippen molar-refractivity contribution in [1.29, 1.82) is 0 Å². The standard InChI is InChI=1S/C33H46BrN5O5/c1-4-20(3)28-33(44)39-18-12-11-17-27(39)32(43)36-25(16-8-6-7-13-21(40)5-2)30(41)37-26(31(42)38-28)19-23-22-14-9-10-15-24(22)35-29(23)34/h9-10,14-15,20,25-28,35H,4-8,11-13,16-19H2,1-3H3,(H,36,43)(H,37,41)(H,38,42)/t20?,25-,26-,27+,28-/m0/s1. The number of carbonyl (C=O) groups is 5. The summed E-state index contributed by atoms with van der Waals surface area (Å²) in [6, 6.07) is 4.33. The number of nitrogens with one attached hydrogen (secondary N) is 4. The molecule has 5 atom stereocenters. The average Bonchev–Trinajstić information content (AvgIpc) is 3.35. The highest BCUT2D eigenvalue weighted by Gasteiger charge is 2.41. The highest BCUT2D eigenvalue weighted by Crippen LogP contribution is 2.28. The van der Waals surface area contributed by atoms with Crippen LogP contribution in [0.4, 0.5) is 0 Å². The van der Waals surface area contributed by atoms with Crippen LogP contribution in [0.15, 0.2) is 28.9 Å². The number of ketones is 1. The Morgan fingerprint density at radius 2 is 1.68 bits per heavy atom. The Kier molecular flexibility index (Phi) is 12.0. The van der Waals surface area contributed by atoms with E-state index in [0.717, 1.165) is 42.1 Å². The van der Waals surface area contributed by atoms with E-state index < -0.39 is 36.0 Å². The maximum Gasteiger partial charge on any atom is 0.246 e. The highest BCUT2D eigenvalue weighted by molar-refractivity contribution is 9.10. The van der Waals surface area contributed by atoms with Gasteiger partial charge in [0.2, 0.25) is 23.6 Å². The number of hydrogen-bond donors (Lipinski definition) is 4. The molecule has 0 saturated carbocycles. The SMILES string of the molecule is CCC(=O)CCCCC[C@@H]1NC(=O)[C@H]2CCCCN2C(=O)[C@H](C(C)CC)NC(=O)[C@H](Cc2c(Br)[nH]c3ccccc23)NC1=O. The molecular formula is C33H46BrN5O5. The molecule has 2 aliphatic heterocycles. The third-order valence-electron chi connectivity index (χ3n) is 9.14. The van der Waals surface area contributed by atoms with Gasteiger partial charge in [0.15, 0.2) is 0 Å². The van der Waals surface area contributed by atoms with Crippen LogP contribution in [0.1, 0.15) is 90.5 Å². The van der Waals surface area contributed by atoms with E-state index in [1.165, 1.54) is 0 Å². The van der Waals surface area contributed by atoms with Crippen molar-refractivity contribution in [2.75, 3.05) is 6.54 Å². The summed E-state index contributed by atoms with van der Waals surface area (Å²) in [7, 11) is 0. The van der Waals surface area contributed by atoms with Crippen molar-refractivity contribution in [3.05, 3.63) is 34.4 Å². The summed E-state index contributed by atoms with van der Waals surface area (Å²) >= 11 is 3.59. The van der Waals surface area contributed by atoms with Crippen molar-refractivity contribution in [2.24, 2.45) is 5.92 Å². The number of aromatic nitrogens is 1. The van der Waals surface area contributed by atoms with Gasteiger partial charge in [-0.15, -0.1) is 0 Å². The summed E-state index contributed by atoms with van der Waals surface area (Å²) in [5.74, 6) is -1.45. The smallest absolute Gasteiger partial charge is 0.246 e. The minimum atomic E-state index is -0.990. The number of fused-ring (bicyclic) bond motifs is 2. The normalized spacial score (nSPS) is 24.0.